The first-order valence-corrected chi connectivity index (χ1v) is 7.37. The molecule has 1 aromatic carbocycles. The normalized spacial score (nSPS) is 22.4. The highest BCUT2D eigenvalue weighted by molar-refractivity contribution is 5.99. The fourth-order valence-electron chi connectivity index (χ4n) is 3.06. The van der Waals surface area contributed by atoms with Gasteiger partial charge in [0.05, 0.1) is 0 Å². The van der Waals surface area contributed by atoms with Crippen molar-refractivity contribution in [2.45, 2.75) is 39.0 Å². The zero-order chi connectivity index (χ0) is 14.5. The number of aromatic hydroxyl groups is 2. The summed E-state index contributed by atoms with van der Waals surface area (Å²) in [6.07, 6.45) is 6.03. The quantitative estimate of drug-likeness (QED) is 0.792. The highest BCUT2D eigenvalue weighted by Gasteiger charge is 2.20. The molecule has 0 heterocycles. The Kier molecular flexibility index (Phi) is 4.88. The monoisotopic (exact) mass is 277 g/mol. The lowest BCUT2D eigenvalue weighted by atomic mass is 9.81. The molecule has 3 N–H and O–H groups in total. The minimum Gasteiger partial charge on any atom is -0.507 e. The molecule has 1 aliphatic rings. The Bertz CT molecular complexity index is 453. The van der Waals surface area contributed by atoms with Crippen LogP contribution in [-0.2, 0) is 0 Å². The summed E-state index contributed by atoms with van der Waals surface area (Å²) in [5.74, 6) is 0.677. The number of amides is 1. The molecule has 0 bridgehead atoms. The minimum atomic E-state index is -0.413. The molecule has 2 unspecified atom stereocenters. The van der Waals surface area contributed by atoms with Crippen LogP contribution in [0.15, 0.2) is 18.2 Å². The fourth-order valence-corrected chi connectivity index (χ4v) is 3.06. The third-order valence-electron chi connectivity index (χ3n) is 4.13. The standard InChI is InChI=1S/C16H23NO3/c1-11-4-2-5-12(10-11)8-9-17-16(20)15-13(18)6-3-7-14(15)19/h3,6-7,11-12,18-19H,2,4-5,8-10H2,1H3,(H,17,20). The van der Waals surface area contributed by atoms with Gasteiger partial charge in [0.15, 0.2) is 0 Å². The Morgan fingerprint density at radius 2 is 2.00 bits per heavy atom. The van der Waals surface area contributed by atoms with Crippen molar-refractivity contribution in [3.05, 3.63) is 23.8 Å². The van der Waals surface area contributed by atoms with E-state index in [0.717, 1.165) is 12.3 Å². The van der Waals surface area contributed by atoms with Crippen molar-refractivity contribution < 1.29 is 15.0 Å². The predicted molar refractivity (Wildman–Crippen MR) is 77.8 cm³/mol. The maximum atomic E-state index is 12.0. The first-order chi connectivity index (χ1) is 9.58. The summed E-state index contributed by atoms with van der Waals surface area (Å²) in [6, 6.07) is 4.31. The lowest BCUT2D eigenvalue weighted by molar-refractivity contribution is 0.0944. The van der Waals surface area contributed by atoms with Crippen LogP contribution in [0.4, 0.5) is 0 Å². The molecule has 2 atom stereocenters. The number of hydrogen-bond acceptors (Lipinski definition) is 3. The minimum absolute atomic E-state index is 0.0375. The van der Waals surface area contributed by atoms with Gasteiger partial charge in [0.25, 0.3) is 5.91 Å². The van der Waals surface area contributed by atoms with E-state index in [-0.39, 0.29) is 17.1 Å². The first-order valence-electron chi connectivity index (χ1n) is 7.37. The van der Waals surface area contributed by atoms with Gasteiger partial charge in [-0.1, -0.05) is 32.3 Å². The van der Waals surface area contributed by atoms with Gasteiger partial charge >= 0.3 is 0 Å². The lowest BCUT2D eigenvalue weighted by Crippen LogP contribution is -2.27. The Balaban J connectivity index is 1.83. The van der Waals surface area contributed by atoms with E-state index in [4.69, 9.17) is 0 Å². The van der Waals surface area contributed by atoms with Crippen molar-refractivity contribution in [3.8, 4) is 11.5 Å². The third-order valence-corrected chi connectivity index (χ3v) is 4.13. The van der Waals surface area contributed by atoms with Gasteiger partial charge in [-0.05, 0) is 36.8 Å². The molecule has 0 spiro atoms. The number of hydrogen-bond donors (Lipinski definition) is 3. The second kappa shape index (κ2) is 6.64. The van der Waals surface area contributed by atoms with E-state index in [1.54, 1.807) is 0 Å². The van der Waals surface area contributed by atoms with Gasteiger partial charge in [0.2, 0.25) is 0 Å². The van der Waals surface area contributed by atoms with E-state index in [1.807, 2.05) is 0 Å². The molecule has 110 valence electrons. The van der Waals surface area contributed by atoms with Gasteiger partial charge in [-0.3, -0.25) is 4.79 Å². The van der Waals surface area contributed by atoms with Crippen LogP contribution in [-0.4, -0.2) is 22.7 Å². The van der Waals surface area contributed by atoms with Gasteiger partial charge in [0.1, 0.15) is 17.1 Å². The Hall–Kier alpha value is -1.71. The van der Waals surface area contributed by atoms with E-state index in [1.165, 1.54) is 43.9 Å². The predicted octanol–water partition coefficient (Wildman–Crippen LogP) is 3.04. The van der Waals surface area contributed by atoms with E-state index in [2.05, 4.69) is 12.2 Å². The summed E-state index contributed by atoms with van der Waals surface area (Å²) >= 11 is 0. The summed E-state index contributed by atoms with van der Waals surface area (Å²) in [5.41, 5.74) is -0.0375. The van der Waals surface area contributed by atoms with E-state index in [0.29, 0.717) is 12.5 Å². The first kappa shape index (κ1) is 14.7. The number of nitrogens with one attached hydrogen (secondary N) is 1. The molecule has 0 radical (unpaired) electrons. The van der Waals surface area contributed by atoms with Crippen molar-refractivity contribution >= 4 is 5.91 Å². The Labute approximate surface area is 119 Å². The summed E-state index contributed by atoms with van der Waals surface area (Å²) < 4.78 is 0. The fraction of sp³-hybridized carbons (Fsp3) is 0.562. The third kappa shape index (κ3) is 3.65. The second-order valence-corrected chi connectivity index (χ2v) is 5.85. The zero-order valence-corrected chi connectivity index (χ0v) is 11.9. The molecule has 1 saturated carbocycles. The van der Waals surface area contributed by atoms with Gasteiger partial charge in [-0.15, -0.1) is 0 Å². The summed E-state index contributed by atoms with van der Waals surface area (Å²) in [6.45, 7) is 2.87. The van der Waals surface area contributed by atoms with Crippen LogP contribution in [0.3, 0.4) is 0 Å². The van der Waals surface area contributed by atoms with Crippen LogP contribution in [0.25, 0.3) is 0 Å². The highest BCUT2D eigenvalue weighted by atomic mass is 16.3. The largest absolute Gasteiger partial charge is 0.507 e. The van der Waals surface area contributed by atoms with Crippen LogP contribution in [0.1, 0.15) is 49.4 Å². The maximum Gasteiger partial charge on any atom is 0.258 e. The van der Waals surface area contributed by atoms with Crippen molar-refractivity contribution in [1.29, 1.82) is 0 Å². The topological polar surface area (TPSA) is 69.6 Å². The molecular formula is C16H23NO3. The molecule has 1 amide bonds. The molecule has 1 fully saturated rings. The number of rotatable bonds is 4. The molecule has 4 nitrogen and oxygen atoms in total. The average Bonchev–Trinajstić information content (AvgIpc) is 2.38. The summed E-state index contributed by atoms with van der Waals surface area (Å²) in [4.78, 5) is 12.0. The van der Waals surface area contributed by atoms with Crippen molar-refractivity contribution in [3.63, 3.8) is 0 Å². The van der Waals surface area contributed by atoms with E-state index in [9.17, 15) is 15.0 Å². The van der Waals surface area contributed by atoms with Crippen molar-refractivity contribution in [2.24, 2.45) is 11.8 Å². The van der Waals surface area contributed by atoms with Crippen LogP contribution in [0.2, 0.25) is 0 Å². The average molecular weight is 277 g/mol. The molecule has 1 aliphatic carbocycles. The second-order valence-electron chi connectivity index (χ2n) is 5.85. The van der Waals surface area contributed by atoms with Crippen LogP contribution in [0, 0.1) is 11.8 Å². The Morgan fingerprint density at radius 3 is 2.65 bits per heavy atom. The molecule has 0 aromatic heterocycles. The van der Waals surface area contributed by atoms with Crippen molar-refractivity contribution in [2.75, 3.05) is 6.54 Å². The SMILES string of the molecule is CC1CCCC(CCNC(=O)c2c(O)cccc2O)C1. The number of benzene rings is 1. The van der Waals surface area contributed by atoms with Gasteiger partial charge in [-0.25, -0.2) is 0 Å². The molecular weight excluding hydrogens is 254 g/mol. The molecule has 1 aromatic rings. The molecule has 2 rings (SSSR count). The summed E-state index contributed by atoms with van der Waals surface area (Å²) in [5, 5.41) is 22.0. The number of carbonyl (C=O) groups excluding carboxylic acids is 1. The summed E-state index contributed by atoms with van der Waals surface area (Å²) in [7, 11) is 0. The van der Waals surface area contributed by atoms with E-state index < -0.39 is 5.91 Å². The maximum absolute atomic E-state index is 12.0. The van der Waals surface area contributed by atoms with Crippen LogP contribution >= 0.6 is 0 Å². The van der Waals surface area contributed by atoms with Gasteiger partial charge in [0, 0.05) is 6.54 Å². The van der Waals surface area contributed by atoms with Crippen LogP contribution in [0.5, 0.6) is 11.5 Å². The highest BCUT2D eigenvalue weighted by Crippen LogP contribution is 2.30. The smallest absolute Gasteiger partial charge is 0.258 e. The molecule has 20 heavy (non-hydrogen) atoms. The lowest BCUT2D eigenvalue weighted by Gasteiger charge is -2.26. The Morgan fingerprint density at radius 1 is 1.30 bits per heavy atom. The molecule has 0 aliphatic heterocycles. The molecule has 0 saturated heterocycles. The van der Waals surface area contributed by atoms with Crippen molar-refractivity contribution in [1.82, 2.24) is 5.32 Å². The number of carbonyl (C=O) groups is 1. The number of phenolic OH excluding ortho intramolecular Hbond substituents is 2. The number of phenols is 2. The van der Waals surface area contributed by atoms with Crippen LogP contribution < -0.4 is 5.32 Å². The molecule has 4 heteroatoms. The van der Waals surface area contributed by atoms with E-state index >= 15 is 0 Å². The van der Waals surface area contributed by atoms with Gasteiger partial charge < -0.3 is 15.5 Å². The van der Waals surface area contributed by atoms with Gasteiger partial charge in [-0.2, -0.15) is 0 Å². The zero-order valence-electron chi connectivity index (χ0n) is 11.9.